The van der Waals surface area contributed by atoms with Gasteiger partial charge in [-0.3, -0.25) is 0 Å². The van der Waals surface area contributed by atoms with Crippen molar-refractivity contribution in [2.45, 2.75) is 95.1 Å². The molecule has 1 aromatic rings. The van der Waals surface area contributed by atoms with Crippen molar-refractivity contribution in [3.63, 3.8) is 0 Å². The first kappa shape index (κ1) is 20.8. The minimum absolute atomic E-state index is 0.0182. The van der Waals surface area contributed by atoms with Crippen LogP contribution in [0.5, 0.6) is 5.75 Å². The van der Waals surface area contributed by atoms with Gasteiger partial charge in [0.1, 0.15) is 5.75 Å². The SMILES string of the molecule is O=C(N/N=C/c1ccc(OC2CCCCCCC2)cc1)NC12CC3CC(CC(C3)C1)C2. The molecule has 5 saturated carbocycles. The molecule has 6 rings (SSSR count). The number of hydrogen-bond acceptors (Lipinski definition) is 3. The number of carbonyl (C=O) groups is 1. The van der Waals surface area contributed by atoms with E-state index < -0.39 is 0 Å². The van der Waals surface area contributed by atoms with Gasteiger partial charge in [0.2, 0.25) is 0 Å². The Balaban J connectivity index is 1.09. The smallest absolute Gasteiger partial charge is 0.335 e. The first-order valence-electron chi connectivity index (χ1n) is 12.5. The van der Waals surface area contributed by atoms with Gasteiger partial charge in [0.25, 0.3) is 0 Å². The van der Waals surface area contributed by atoms with E-state index in [1.54, 1.807) is 6.21 Å². The summed E-state index contributed by atoms with van der Waals surface area (Å²) in [5, 5.41) is 7.47. The highest BCUT2D eigenvalue weighted by atomic mass is 16.5. The van der Waals surface area contributed by atoms with Gasteiger partial charge in [-0.25, -0.2) is 10.2 Å². The lowest BCUT2D eigenvalue weighted by molar-refractivity contribution is -0.0135. The molecule has 1 aromatic carbocycles. The van der Waals surface area contributed by atoms with Gasteiger partial charge in [-0.15, -0.1) is 0 Å². The van der Waals surface area contributed by atoms with Gasteiger partial charge in [0, 0.05) is 5.54 Å². The first-order valence-corrected chi connectivity index (χ1v) is 12.5. The van der Waals surface area contributed by atoms with E-state index in [2.05, 4.69) is 15.8 Å². The highest BCUT2D eigenvalue weighted by molar-refractivity contribution is 5.82. The third kappa shape index (κ3) is 5.24. The average molecular weight is 424 g/mol. The lowest BCUT2D eigenvalue weighted by atomic mass is 9.53. The second-order valence-electron chi connectivity index (χ2n) is 10.7. The van der Waals surface area contributed by atoms with Crippen LogP contribution < -0.4 is 15.5 Å². The summed E-state index contributed by atoms with van der Waals surface area (Å²) in [7, 11) is 0. The first-order chi connectivity index (χ1) is 15.2. The molecular formula is C26H37N3O2. The maximum absolute atomic E-state index is 12.5. The Morgan fingerprint density at radius 1 is 0.903 bits per heavy atom. The molecule has 0 heterocycles. The number of urea groups is 1. The Morgan fingerprint density at radius 3 is 2.10 bits per heavy atom. The number of nitrogens with zero attached hydrogens (tertiary/aromatic N) is 1. The van der Waals surface area contributed by atoms with Crippen LogP contribution in [0.4, 0.5) is 4.79 Å². The van der Waals surface area contributed by atoms with Gasteiger partial charge in [-0.1, -0.05) is 19.3 Å². The van der Waals surface area contributed by atoms with Gasteiger partial charge < -0.3 is 10.1 Å². The maximum Gasteiger partial charge on any atom is 0.335 e. The molecule has 5 fully saturated rings. The number of rotatable bonds is 5. The van der Waals surface area contributed by atoms with Crippen molar-refractivity contribution in [2.24, 2.45) is 22.9 Å². The Morgan fingerprint density at radius 2 is 1.48 bits per heavy atom. The third-order valence-electron chi connectivity index (χ3n) is 8.03. The van der Waals surface area contributed by atoms with Crippen LogP contribution in [0.25, 0.3) is 0 Å². The van der Waals surface area contributed by atoms with E-state index in [0.29, 0.717) is 6.10 Å². The normalized spacial score (nSPS) is 33.1. The summed E-state index contributed by atoms with van der Waals surface area (Å²) in [6.45, 7) is 0. The summed E-state index contributed by atoms with van der Waals surface area (Å²) in [4.78, 5) is 12.5. The minimum Gasteiger partial charge on any atom is -0.490 e. The maximum atomic E-state index is 12.5. The largest absolute Gasteiger partial charge is 0.490 e. The molecule has 31 heavy (non-hydrogen) atoms. The van der Waals surface area contributed by atoms with Crippen molar-refractivity contribution >= 4 is 12.2 Å². The van der Waals surface area contributed by atoms with Crippen molar-refractivity contribution in [1.29, 1.82) is 0 Å². The highest BCUT2D eigenvalue weighted by Crippen LogP contribution is 2.55. The summed E-state index contributed by atoms with van der Waals surface area (Å²) in [5.41, 5.74) is 3.66. The number of amides is 2. The molecule has 0 aromatic heterocycles. The molecule has 5 heteroatoms. The van der Waals surface area contributed by atoms with Crippen LogP contribution in [-0.2, 0) is 0 Å². The molecule has 4 bridgehead atoms. The molecule has 5 aliphatic carbocycles. The van der Waals surface area contributed by atoms with E-state index in [0.717, 1.165) is 61.2 Å². The number of hydrazone groups is 1. The van der Waals surface area contributed by atoms with Crippen LogP contribution in [0, 0.1) is 17.8 Å². The van der Waals surface area contributed by atoms with Gasteiger partial charge in [-0.05, 0) is 112 Å². The topological polar surface area (TPSA) is 62.7 Å². The van der Waals surface area contributed by atoms with Crippen molar-refractivity contribution < 1.29 is 9.53 Å². The molecule has 5 nitrogen and oxygen atoms in total. The Kier molecular flexibility index (Phi) is 6.20. The molecule has 0 radical (unpaired) electrons. The van der Waals surface area contributed by atoms with E-state index in [4.69, 9.17) is 4.74 Å². The van der Waals surface area contributed by atoms with Crippen molar-refractivity contribution in [3.8, 4) is 5.75 Å². The Bertz CT molecular complexity index is 745. The standard InChI is InChI=1S/C26H37N3O2/c30-25(28-26-15-20-12-21(16-26)14-22(13-20)17-26)29-27-18-19-8-10-24(11-9-19)31-23-6-4-2-1-3-5-7-23/h8-11,18,20-23H,1-7,12-17H2,(H2,28,29,30)/b27-18+. The molecule has 0 unspecified atom stereocenters. The highest BCUT2D eigenvalue weighted by Gasteiger charge is 2.51. The molecule has 0 saturated heterocycles. The predicted molar refractivity (Wildman–Crippen MR) is 123 cm³/mol. The average Bonchev–Trinajstić information content (AvgIpc) is 2.70. The van der Waals surface area contributed by atoms with E-state index in [1.165, 1.54) is 51.4 Å². The van der Waals surface area contributed by atoms with Crippen LogP contribution in [0.15, 0.2) is 29.4 Å². The molecular weight excluding hydrogens is 386 g/mol. The molecule has 2 N–H and O–H groups in total. The van der Waals surface area contributed by atoms with Gasteiger partial charge in [0.05, 0.1) is 12.3 Å². The number of benzene rings is 1. The molecule has 0 aliphatic heterocycles. The Labute approximate surface area is 186 Å². The number of nitrogens with one attached hydrogen (secondary N) is 2. The van der Waals surface area contributed by atoms with Gasteiger partial charge >= 0.3 is 6.03 Å². The summed E-state index contributed by atoms with van der Waals surface area (Å²) in [6, 6.07) is 7.86. The lowest BCUT2D eigenvalue weighted by Crippen LogP contribution is -2.61. The monoisotopic (exact) mass is 423 g/mol. The molecule has 0 atom stereocenters. The van der Waals surface area contributed by atoms with Crippen LogP contribution in [0.2, 0.25) is 0 Å². The van der Waals surface area contributed by atoms with Gasteiger partial charge in [0.15, 0.2) is 0 Å². The van der Waals surface area contributed by atoms with Crippen molar-refractivity contribution in [1.82, 2.24) is 10.7 Å². The van der Waals surface area contributed by atoms with E-state index in [-0.39, 0.29) is 11.6 Å². The number of carbonyl (C=O) groups excluding carboxylic acids is 1. The fourth-order valence-electron chi connectivity index (χ4n) is 7.06. The third-order valence-corrected chi connectivity index (χ3v) is 8.03. The van der Waals surface area contributed by atoms with Crippen molar-refractivity contribution in [3.05, 3.63) is 29.8 Å². The summed E-state index contributed by atoms with van der Waals surface area (Å²) < 4.78 is 6.20. The van der Waals surface area contributed by atoms with E-state index >= 15 is 0 Å². The second kappa shape index (κ2) is 9.22. The quantitative estimate of drug-likeness (QED) is 0.466. The van der Waals surface area contributed by atoms with Crippen LogP contribution in [0.3, 0.4) is 0 Å². The van der Waals surface area contributed by atoms with Crippen LogP contribution >= 0.6 is 0 Å². The zero-order chi connectivity index (χ0) is 21.1. The number of ether oxygens (including phenoxy) is 1. The van der Waals surface area contributed by atoms with E-state index in [9.17, 15) is 4.79 Å². The fourth-order valence-corrected chi connectivity index (χ4v) is 7.06. The predicted octanol–water partition coefficient (Wildman–Crippen LogP) is 5.78. The second-order valence-corrected chi connectivity index (χ2v) is 10.7. The zero-order valence-electron chi connectivity index (χ0n) is 18.7. The zero-order valence-corrected chi connectivity index (χ0v) is 18.7. The molecule has 0 spiro atoms. The minimum atomic E-state index is -0.164. The Hall–Kier alpha value is -2.04. The van der Waals surface area contributed by atoms with Crippen molar-refractivity contribution in [2.75, 3.05) is 0 Å². The van der Waals surface area contributed by atoms with Crippen LogP contribution in [-0.4, -0.2) is 23.9 Å². The molecule has 5 aliphatic rings. The summed E-state index contributed by atoms with van der Waals surface area (Å²) in [6.07, 6.45) is 18.5. The lowest BCUT2D eigenvalue weighted by Gasteiger charge is -2.56. The molecule has 168 valence electrons. The summed E-state index contributed by atoms with van der Waals surface area (Å²) >= 11 is 0. The molecule has 2 amide bonds. The summed E-state index contributed by atoms with van der Waals surface area (Å²) in [5.74, 6) is 3.38. The fraction of sp³-hybridized carbons (Fsp3) is 0.692. The van der Waals surface area contributed by atoms with Crippen LogP contribution in [0.1, 0.15) is 89.0 Å². The van der Waals surface area contributed by atoms with Gasteiger partial charge in [-0.2, -0.15) is 5.10 Å². The van der Waals surface area contributed by atoms with E-state index in [1.807, 2.05) is 24.3 Å². The number of hydrogen-bond donors (Lipinski definition) is 2.